The third kappa shape index (κ3) is 4.52. The Kier molecular flexibility index (Phi) is 5.57. The van der Waals surface area contributed by atoms with E-state index in [9.17, 15) is 14.0 Å². The lowest BCUT2D eigenvalue weighted by Gasteiger charge is -2.10. The normalized spacial score (nSPS) is 16.9. The summed E-state index contributed by atoms with van der Waals surface area (Å²) < 4.78 is 14.7. The van der Waals surface area contributed by atoms with Crippen LogP contribution in [0, 0.1) is 18.7 Å². The lowest BCUT2D eigenvalue weighted by atomic mass is 10.0. The van der Waals surface area contributed by atoms with Gasteiger partial charge in [0.05, 0.1) is 11.9 Å². The van der Waals surface area contributed by atoms with Gasteiger partial charge < -0.3 is 10.6 Å². The summed E-state index contributed by atoms with van der Waals surface area (Å²) in [5.74, 6) is 0.594. The van der Waals surface area contributed by atoms with Gasteiger partial charge in [-0.2, -0.15) is 5.10 Å². The predicted molar refractivity (Wildman–Crippen MR) is 127 cm³/mol. The molecule has 0 aliphatic heterocycles. The third-order valence-electron chi connectivity index (χ3n) is 6.15. The van der Waals surface area contributed by atoms with Gasteiger partial charge in [0.2, 0.25) is 5.91 Å². The van der Waals surface area contributed by atoms with Crippen LogP contribution in [0.1, 0.15) is 40.7 Å². The van der Waals surface area contributed by atoms with E-state index < -0.39 is 0 Å². The fourth-order valence-electron chi connectivity index (χ4n) is 4.21. The van der Waals surface area contributed by atoms with E-state index in [1.165, 1.54) is 19.1 Å². The number of fused-ring (bicyclic) bond motifs is 1. The lowest BCUT2D eigenvalue weighted by molar-refractivity contribution is -0.114. The minimum absolute atomic E-state index is 0.124. The summed E-state index contributed by atoms with van der Waals surface area (Å²) in [6.45, 7) is 3.91. The molecule has 0 saturated heterocycles. The van der Waals surface area contributed by atoms with E-state index in [1.807, 2.05) is 49.4 Å². The number of nitrogens with zero attached hydrogens (tertiary/aromatic N) is 3. The molecule has 0 spiro atoms. The Balaban J connectivity index is 1.29. The van der Waals surface area contributed by atoms with Crippen molar-refractivity contribution in [3.05, 3.63) is 83.3 Å². The first kappa shape index (κ1) is 21.8. The maximum atomic E-state index is 13.1. The van der Waals surface area contributed by atoms with Crippen LogP contribution in [0.4, 0.5) is 10.2 Å². The molecule has 5 rings (SSSR count). The molecule has 0 radical (unpaired) electrons. The summed E-state index contributed by atoms with van der Waals surface area (Å²) in [6, 6.07) is 15.9. The number of rotatable bonds is 6. The fraction of sp³-hybridized carbons (Fsp3) is 0.231. The van der Waals surface area contributed by atoms with Gasteiger partial charge in [-0.1, -0.05) is 24.3 Å². The first-order valence-electron chi connectivity index (χ1n) is 11.2. The molecule has 1 fully saturated rings. The second-order valence-electron chi connectivity index (χ2n) is 8.72. The summed E-state index contributed by atoms with van der Waals surface area (Å²) >= 11 is 0. The van der Waals surface area contributed by atoms with E-state index in [0.29, 0.717) is 41.1 Å². The van der Waals surface area contributed by atoms with Crippen LogP contribution in [-0.2, 0) is 4.79 Å². The van der Waals surface area contributed by atoms with Crippen molar-refractivity contribution in [1.82, 2.24) is 19.9 Å². The summed E-state index contributed by atoms with van der Waals surface area (Å²) in [7, 11) is 0. The molecule has 2 heterocycles. The maximum Gasteiger partial charge on any atom is 0.251 e. The molecule has 2 aromatic carbocycles. The second-order valence-corrected chi connectivity index (χ2v) is 8.72. The second kappa shape index (κ2) is 8.70. The molecule has 0 bridgehead atoms. The van der Waals surface area contributed by atoms with Gasteiger partial charge in [0.15, 0.2) is 11.5 Å². The van der Waals surface area contributed by atoms with Crippen LogP contribution < -0.4 is 10.6 Å². The standard InChI is InChI=1S/C26H24FN5O2/c1-15-3-4-18(23-9-10-25-30-24(29-16(2)33)14-32(25)31-23)11-21(15)26(34)28-13-19-12-22(19)17-5-7-20(27)8-6-17/h3-11,14,19,22H,12-13H2,1-2H3,(H,28,34)(H,29,33). The number of anilines is 1. The van der Waals surface area contributed by atoms with Crippen LogP contribution in [0.5, 0.6) is 0 Å². The third-order valence-corrected chi connectivity index (χ3v) is 6.15. The van der Waals surface area contributed by atoms with Gasteiger partial charge in [-0.25, -0.2) is 13.9 Å². The van der Waals surface area contributed by atoms with Gasteiger partial charge in [-0.05, 0) is 66.6 Å². The first-order chi connectivity index (χ1) is 16.4. The highest BCUT2D eigenvalue weighted by atomic mass is 19.1. The van der Waals surface area contributed by atoms with Crippen LogP contribution in [0.3, 0.4) is 0 Å². The average molecular weight is 458 g/mol. The van der Waals surface area contributed by atoms with Crippen LogP contribution in [0.25, 0.3) is 16.9 Å². The summed E-state index contributed by atoms with van der Waals surface area (Å²) in [5, 5.41) is 10.3. The number of amides is 2. The van der Waals surface area contributed by atoms with Crippen molar-refractivity contribution in [2.45, 2.75) is 26.2 Å². The van der Waals surface area contributed by atoms with E-state index >= 15 is 0 Å². The zero-order chi connectivity index (χ0) is 23.8. The Morgan fingerprint density at radius 2 is 1.91 bits per heavy atom. The number of hydrogen-bond acceptors (Lipinski definition) is 4. The molecule has 2 amide bonds. The van der Waals surface area contributed by atoms with Crippen molar-refractivity contribution in [2.24, 2.45) is 5.92 Å². The number of benzene rings is 2. The molecule has 4 aromatic rings. The highest BCUT2D eigenvalue weighted by Gasteiger charge is 2.38. The summed E-state index contributed by atoms with van der Waals surface area (Å²) in [5.41, 5.74) is 4.70. The van der Waals surface area contributed by atoms with E-state index in [1.54, 1.807) is 10.7 Å². The maximum absolute atomic E-state index is 13.1. The number of carbonyl (C=O) groups is 2. The van der Waals surface area contributed by atoms with Gasteiger partial charge >= 0.3 is 0 Å². The van der Waals surface area contributed by atoms with Crippen molar-refractivity contribution in [1.29, 1.82) is 0 Å². The molecule has 34 heavy (non-hydrogen) atoms. The first-order valence-corrected chi connectivity index (χ1v) is 11.2. The number of imidazole rings is 1. The Morgan fingerprint density at radius 3 is 2.68 bits per heavy atom. The van der Waals surface area contributed by atoms with Gasteiger partial charge in [-0.15, -0.1) is 0 Å². The van der Waals surface area contributed by atoms with Crippen molar-refractivity contribution < 1.29 is 14.0 Å². The molecule has 7 nitrogen and oxygen atoms in total. The minimum Gasteiger partial charge on any atom is -0.352 e. The summed E-state index contributed by atoms with van der Waals surface area (Å²) in [6.07, 6.45) is 2.63. The topological polar surface area (TPSA) is 88.4 Å². The van der Waals surface area contributed by atoms with E-state index in [0.717, 1.165) is 23.1 Å². The zero-order valence-electron chi connectivity index (χ0n) is 18.9. The number of halogens is 1. The summed E-state index contributed by atoms with van der Waals surface area (Å²) in [4.78, 5) is 28.5. The van der Waals surface area contributed by atoms with Gasteiger partial charge in [-0.3, -0.25) is 9.59 Å². The predicted octanol–water partition coefficient (Wildman–Crippen LogP) is 4.34. The molecule has 8 heteroatoms. The van der Waals surface area contributed by atoms with Crippen molar-refractivity contribution in [3.8, 4) is 11.3 Å². The number of carbonyl (C=O) groups excluding carboxylic acids is 2. The van der Waals surface area contributed by atoms with Crippen LogP contribution >= 0.6 is 0 Å². The van der Waals surface area contributed by atoms with Crippen molar-refractivity contribution >= 4 is 23.3 Å². The van der Waals surface area contributed by atoms with E-state index in [2.05, 4.69) is 20.7 Å². The quantitative estimate of drug-likeness (QED) is 0.451. The molecular formula is C26H24FN5O2. The molecule has 2 N–H and O–H groups in total. The van der Waals surface area contributed by atoms with Crippen molar-refractivity contribution in [2.75, 3.05) is 11.9 Å². The van der Waals surface area contributed by atoms with Gasteiger partial charge in [0.1, 0.15) is 5.82 Å². The monoisotopic (exact) mass is 457 g/mol. The van der Waals surface area contributed by atoms with Gasteiger partial charge in [0.25, 0.3) is 5.91 Å². The van der Waals surface area contributed by atoms with Crippen LogP contribution in [0.2, 0.25) is 0 Å². The number of aromatic nitrogens is 3. The fourth-order valence-corrected chi connectivity index (χ4v) is 4.21. The Bertz CT molecular complexity index is 1400. The lowest BCUT2D eigenvalue weighted by Crippen LogP contribution is -2.26. The highest BCUT2D eigenvalue weighted by Crippen LogP contribution is 2.46. The average Bonchev–Trinajstić information content (AvgIpc) is 3.48. The molecule has 2 aromatic heterocycles. The van der Waals surface area contributed by atoms with Crippen LogP contribution in [-0.4, -0.2) is 33.0 Å². The minimum atomic E-state index is -0.237. The Hall–Kier alpha value is -4.07. The molecule has 2 unspecified atom stereocenters. The van der Waals surface area contributed by atoms with E-state index in [-0.39, 0.29) is 17.6 Å². The van der Waals surface area contributed by atoms with Crippen LogP contribution in [0.15, 0.2) is 60.8 Å². The largest absolute Gasteiger partial charge is 0.352 e. The molecule has 1 aliphatic carbocycles. The molecule has 1 saturated carbocycles. The Morgan fingerprint density at radius 1 is 1.12 bits per heavy atom. The highest BCUT2D eigenvalue weighted by molar-refractivity contribution is 5.96. The number of hydrogen-bond donors (Lipinski definition) is 2. The smallest absolute Gasteiger partial charge is 0.251 e. The number of nitrogens with one attached hydrogen (secondary N) is 2. The zero-order valence-corrected chi connectivity index (χ0v) is 18.9. The Labute approximate surface area is 196 Å². The molecular weight excluding hydrogens is 433 g/mol. The number of aryl methyl sites for hydroxylation is 1. The van der Waals surface area contributed by atoms with Crippen molar-refractivity contribution in [3.63, 3.8) is 0 Å². The molecule has 172 valence electrons. The SMILES string of the molecule is CC(=O)Nc1cn2nc(-c3ccc(C)c(C(=O)NCC4CC4c4ccc(F)cc4)c3)ccc2n1. The van der Waals surface area contributed by atoms with Gasteiger partial charge in [0, 0.05) is 24.6 Å². The molecule has 1 aliphatic rings. The molecule has 2 atom stereocenters. The van der Waals surface area contributed by atoms with E-state index in [4.69, 9.17) is 0 Å².